The molecular weight excluding hydrogens is 222 g/mol. The Morgan fingerprint density at radius 3 is 2.69 bits per heavy atom. The highest BCUT2D eigenvalue weighted by Crippen LogP contribution is 2.20. The summed E-state index contributed by atoms with van der Waals surface area (Å²) in [5, 5.41) is -0.195. The summed E-state index contributed by atoms with van der Waals surface area (Å²) in [6.07, 6.45) is 1.08. The van der Waals surface area contributed by atoms with Crippen LogP contribution in [-0.2, 0) is 9.53 Å². The number of carbonyl (C=O) groups is 1. The van der Waals surface area contributed by atoms with Gasteiger partial charge in [0.1, 0.15) is 0 Å². The maximum absolute atomic E-state index is 12.2. The Morgan fingerprint density at radius 1 is 1.56 bits per heavy atom. The van der Waals surface area contributed by atoms with Gasteiger partial charge in [-0.1, -0.05) is 20.8 Å². The van der Waals surface area contributed by atoms with E-state index < -0.39 is 0 Å². The molecule has 3 atom stereocenters. The number of carbonyl (C=O) groups excluding carboxylic acids is 1. The monoisotopic (exact) mass is 245 g/mol. The van der Waals surface area contributed by atoms with Crippen LogP contribution in [0.15, 0.2) is 0 Å². The molecule has 94 valence electrons. The van der Waals surface area contributed by atoms with Gasteiger partial charge in [-0.25, -0.2) is 0 Å². The molecule has 0 aliphatic carbocycles. The van der Waals surface area contributed by atoms with Crippen LogP contribution in [0.4, 0.5) is 0 Å². The van der Waals surface area contributed by atoms with Crippen LogP contribution in [0.3, 0.4) is 0 Å². The van der Waals surface area contributed by atoms with Crippen LogP contribution in [0.1, 0.15) is 34.1 Å². The largest absolute Gasteiger partial charge is 0.375 e. The average molecular weight is 245 g/mol. The fourth-order valence-corrected chi connectivity index (χ4v) is 2.06. The minimum atomic E-state index is -0.195. The molecular formula is C12H23NO2S. The minimum Gasteiger partial charge on any atom is -0.375 e. The van der Waals surface area contributed by atoms with E-state index in [-0.39, 0.29) is 29.2 Å². The topological polar surface area (TPSA) is 29.5 Å². The highest BCUT2D eigenvalue weighted by atomic mass is 32.1. The Balaban J connectivity index is 2.70. The summed E-state index contributed by atoms with van der Waals surface area (Å²) in [6, 6.07) is 0.220. The van der Waals surface area contributed by atoms with Crippen molar-refractivity contribution in [3.63, 3.8) is 0 Å². The van der Waals surface area contributed by atoms with Crippen LogP contribution >= 0.6 is 12.6 Å². The van der Waals surface area contributed by atoms with Crippen molar-refractivity contribution in [1.82, 2.24) is 4.90 Å². The minimum absolute atomic E-state index is 0.138. The second-order valence-corrected chi connectivity index (χ2v) is 5.44. The first kappa shape index (κ1) is 13.8. The lowest BCUT2D eigenvalue weighted by Crippen LogP contribution is -2.54. The summed E-state index contributed by atoms with van der Waals surface area (Å²) >= 11 is 4.41. The van der Waals surface area contributed by atoms with Crippen LogP contribution in [0, 0.1) is 5.92 Å². The first-order valence-electron chi connectivity index (χ1n) is 6.07. The van der Waals surface area contributed by atoms with Gasteiger partial charge in [-0.2, -0.15) is 12.6 Å². The van der Waals surface area contributed by atoms with Crippen LogP contribution in [-0.4, -0.2) is 41.4 Å². The van der Waals surface area contributed by atoms with E-state index in [2.05, 4.69) is 19.6 Å². The Labute approximate surface area is 104 Å². The zero-order valence-corrected chi connectivity index (χ0v) is 11.5. The quantitative estimate of drug-likeness (QED) is 0.770. The summed E-state index contributed by atoms with van der Waals surface area (Å²) in [5.74, 6) is 0.423. The molecule has 4 heteroatoms. The highest BCUT2D eigenvalue weighted by molar-refractivity contribution is 7.81. The molecule has 0 spiro atoms. The molecule has 1 amide bonds. The van der Waals surface area contributed by atoms with Gasteiger partial charge in [0.25, 0.3) is 0 Å². The molecule has 1 fully saturated rings. The van der Waals surface area contributed by atoms with E-state index in [0.717, 1.165) is 6.42 Å². The van der Waals surface area contributed by atoms with Crippen LogP contribution in [0.5, 0.6) is 0 Å². The zero-order valence-electron chi connectivity index (χ0n) is 10.6. The summed E-state index contributed by atoms with van der Waals surface area (Å²) in [6.45, 7) is 9.51. The summed E-state index contributed by atoms with van der Waals surface area (Å²) in [4.78, 5) is 14.2. The lowest BCUT2D eigenvalue weighted by molar-refractivity contribution is -0.144. The van der Waals surface area contributed by atoms with Crippen molar-refractivity contribution in [2.24, 2.45) is 5.92 Å². The van der Waals surface area contributed by atoms with Crippen molar-refractivity contribution in [3.8, 4) is 0 Å². The zero-order chi connectivity index (χ0) is 12.3. The fourth-order valence-electron chi connectivity index (χ4n) is 1.91. The molecule has 0 N–H and O–H groups in total. The third kappa shape index (κ3) is 3.14. The van der Waals surface area contributed by atoms with Crippen molar-refractivity contribution in [2.75, 3.05) is 13.2 Å². The van der Waals surface area contributed by atoms with E-state index in [0.29, 0.717) is 13.2 Å². The van der Waals surface area contributed by atoms with E-state index in [1.54, 1.807) is 0 Å². The molecule has 3 nitrogen and oxygen atoms in total. The van der Waals surface area contributed by atoms with Gasteiger partial charge in [0.05, 0.1) is 24.0 Å². The molecule has 1 saturated heterocycles. The second kappa shape index (κ2) is 5.92. The van der Waals surface area contributed by atoms with Crippen LogP contribution < -0.4 is 0 Å². The number of rotatable bonds is 3. The average Bonchev–Trinajstić information content (AvgIpc) is 2.26. The third-order valence-corrected chi connectivity index (χ3v) is 3.92. The van der Waals surface area contributed by atoms with Gasteiger partial charge in [-0.05, 0) is 19.3 Å². The van der Waals surface area contributed by atoms with E-state index in [1.807, 2.05) is 25.7 Å². The Bertz CT molecular complexity index is 245. The van der Waals surface area contributed by atoms with Crippen molar-refractivity contribution >= 4 is 18.5 Å². The second-order valence-electron chi connectivity index (χ2n) is 4.89. The molecule has 0 bridgehead atoms. The predicted molar refractivity (Wildman–Crippen MR) is 68.8 cm³/mol. The number of morpholine rings is 1. The molecule has 1 heterocycles. The van der Waals surface area contributed by atoms with Gasteiger partial charge in [-0.15, -0.1) is 0 Å². The molecule has 0 radical (unpaired) electrons. The van der Waals surface area contributed by atoms with Gasteiger partial charge in [0.2, 0.25) is 5.91 Å². The summed E-state index contributed by atoms with van der Waals surface area (Å²) < 4.78 is 5.58. The Hall–Kier alpha value is -0.220. The maximum Gasteiger partial charge on any atom is 0.236 e. The predicted octanol–water partition coefficient (Wildman–Crippen LogP) is 1.97. The lowest BCUT2D eigenvalue weighted by Gasteiger charge is -2.40. The molecule has 3 unspecified atom stereocenters. The van der Waals surface area contributed by atoms with Gasteiger partial charge < -0.3 is 9.64 Å². The van der Waals surface area contributed by atoms with E-state index in [9.17, 15) is 4.79 Å². The molecule has 0 saturated carbocycles. The summed E-state index contributed by atoms with van der Waals surface area (Å²) in [5.41, 5.74) is 0. The Kier molecular flexibility index (Phi) is 5.12. The van der Waals surface area contributed by atoms with Gasteiger partial charge in [-0.3, -0.25) is 4.79 Å². The third-order valence-electron chi connectivity index (χ3n) is 3.11. The number of nitrogens with zero attached hydrogens (tertiary/aromatic N) is 1. The first-order valence-corrected chi connectivity index (χ1v) is 6.59. The number of hydrogen-bond acceptors (Lipinski definition) is 3. The molecule has 1 aliphatic rings. The van der Waals surface area contributed by atoms with Gasteiger partial charge >= 0.3 is 0 Å². The smallest absolute Gasteiger partial charge is 0.236 e. The number of thiol groups is 1. The number of ether oxygens (including phenoxy) is 1. The maximum atomic E-state index is 12.2. The van der Waals surface area contributed by atoms with Crippen molar-refractivity contribution in [2.45, 2.75) is 51.5 Å². The van der Waals surface area contributed by atoms with E-state index >= 15 is 0 Å². The van der Waals surface area contributed by atoms with Gasteiger partial charge in [0, 0.05) is 6.54 Å². The van der Waals surface area contributed by atoms with Crippen LogP contribution in [0.25, 0.3) is 0 Å². The molecule has 0 aromatic rings. The van der Waals surface area contributed by atoms with Crippen LogP contribution in [0.2, 0.25) is 0 Å². The standard InChI is InChI=1S/C12H23NO2S/c1-5-10-7-15-9(4)6-13(10)12(14)11(16)8(2)3/h8-11,16H,5-7H2,1-4H3. The highest BCUT2D eigenvalue weighted by Gasteiger charge is 2.32. The van der Waals surface area contributed by atoms with Gasteiger partial charge in [0.15, 0.2) is 0 Å². The summed E-state index contributed by atoms with van der Waals surface area (Å²) in [7, 11) is 0. The Morgan fingerprint density at radius 2 is 2.19 bits per heavy atom. The lowest BCUT2D eigenvalue weighted by atomic mass is 10.1. The van der Waals surface area contributed by atoms with Crippen molar-refractivity contribution in [1.29, 1.82) is 0 Å². The molecule has 16 heavy (non-hydrogen) atoms. The van der Waals surface area contributed by atoms with E-state index in [1.165, 1.54) is 0 Å². The SMILES string of the molecule is CCC1COC(C)CN1C(=O)C(S)C(C)C. The molecule has 1 aliphatic heterocycles. The fraction of sp³-hybridized carbons (Fsp3) is 0.917. The molecule has 0 aromatic heterocycles. The first-order chi connectivity index (χ1) is 7.47. The molecule has 1 rings (SSSR count). The van der Waals surface area contributed by atoms with Crippen molar-refractivity contribution < 1.29 is 9.53 Å². The van der Waals surface area contributed by atoms with E-state index in [4.69, 9.17) is 4.74 Å². The van der Waals surface area contributed by atoms with Crippen molar-refractivity contribution in [3.05, 3.63) is 0 Å². The number of hydrogen-bond donors (Lipinski definition) is 1. The normalized spacial score (nSPS) is 28.2. The molecule has 0 aromatic carbocycles. The number of amides is 1.